The van der Waals surface area contributed by atoms with Crippen molar-refractivity contribution in [3.8, 4) is 0 Å². The Labute approximate surface area is 78.8 Å². The Balaban J connectivity index is 3.97. The minimum atomic E-state index is 0.574. The minimum absolute atomic E-state index is 0.574. The van der Waals surface area contributed by atoms with Gasteiger partial charge in [-0.2, -0.15) is 0 Å². The van der Waals surface area contributed by atoms with Crippen molar-refractivity contribution >= 4 is 0 Å². The van der Waals surface area contributed by atoms with Gasteiger partial charge in [0.05, 0.1) is 0 Å². The Hall–Kier alpha value is 0. The van der Waals surface area contributed by atoms with Crippen LogP contribution in [0.1, 0.15) is 60.8 Å². The van der Waals surface area contributed by atoms with Crippen molar-refractivity contribution in [2.75, 3.05) is 0 Å². The molecule has 0 aromatic rings. The number of rotatable bonds is 5. The molecule has 0 N–H and O–H groups in total. The van der Waals surface area contributed by atoms with Gasteiger partial charge in [-0.15, -0.1) is 0 Å². The van der Waals surface area contributed by atoms with Crippen molar-refractivity contribution in [3.05, 3.63) is 0 Å². The molecule has 0 aliphatic rings. The summed E-state index contributed by atoms with van der Waals surface area (Å²) in [6.45, 7) is 14.1. The van der Waals surface area contributed by atoms with Crippen LogP contribution in [0.2, 0.25) is 0 Å². The first-order valence-corrected chi connectivity index (χ1v) is 5.42. The average molecular weight is 170 g/mol. The Kier molecular flexibility index (Phi) is 4.89. The molecule has 0 radical (unpaired) electrons. The van der Waals surface area contributed by atoms with Gasteiger partial charge in [0.25, 0.3) is 0 Å². The minimum Gasteiger partial charge on any atom is -0.0649 e. The van der Waals surface area contributed by atoms with Gasteiger partial charge in [-0.25, -0.2) is 0 Å². The quantitative estimate of drug-likeness (QED) is 0.570. The molecule has 0 saturated carbocycles. The van der Waals surface area contributed by atoms with E-state index in [0.29, 0.717) is 5.41 Å². The van der Waals surface area contributed by atoms with Crippen molar-refractivity contribution < 1.29 is 0 Å². The molecule has 0 spiro atoms. The van der Waals surface area contributed by atoms with Crippen LogP contribution in [0.15, 0.2) is 0 Å². The molecule has 0 heteroatoms. The zero-order chi connectivity index (χ0) is 9.78. The molecule has 74 valence electrons. The van der Waals surface area contributed by atoms with Crippen LogP contribution in [0.4, 0.5) is 0 Å². The molecule has 0 bridgehead atoms. The molecule has 0 fully saturated rings. The second-order valence-electron chi connectivity index (χ2n) is 5.09. The summed E-state index contributed by atoms with van der Waals surface area (Å²) in [5, 5.41) is 0. The standard InChI is InChI=1S/C12H26/c1-7-12(6,11(4)5)9-8-10(2)3/h10-11H,7-9H2,1-6H3/t12-/m0/s1. The van der Waals surface area contributed by atoms with Gasteiger partial charge in [0, 0.05) is 0 Å². The van der Waals surface area contributed by atoms with Crippen LogP contribution in [0.5, 0.6) is 0 Å². The molecule has 0 heterocycles. The molecule has 0 aromatic heterocycles. The van der Waals surface area contributed by atoms with E-state index in [1.54, 1.807) is 0 Å². The maximum Gasteiger partial charge on any atom is -0.0305 e. The third kappa shape index (κ3) is 3.60. The first-order valence-electron chi connectivity index (χ1n) is 5.42. The maximum atomic E-state index is 2.43. The number of hydrogen-bond acceptors (Lipinski definition) is 0. The summed E-state index contributed by atoms with van der Waals surface area (Å²) in [6.07, 6.45) is 4.08. The SMILES string of the molecule is CC[C@@](C)(CCC(C)C)C(C)C. The predicted octanol–water partition coefficient (Wildman–Crippen LogP) is 4.49. The topological polar surface area (TPSA) is 0 Å². The lowest BCUT2D eigenvalue weighted by atomic mass is 9.72. The summed E-state index contributed by atoms with van der Waals surface area (Å²) in [4.78, 5) is 0. The molecule has 0 saturated heterocycles. The summed E-state index contributed by atoms with van der Waals surface area (Å²) in [7, 11) is 0. The maximum absolute atomic E-state index is 2.43. The molecule has 0 amide bonds. The Morgan fingerprint density at radius 2 is 1.58 bits per heavy atom. The van der Waals surface area contributed by atoms with Crippen molar-refractivity contribution in [3.63, 3.8) is 0 Å². The second kappa shape index (κ2) is 4.89. The van der Waals surface area contributed by atoms with Gasteiger partial charge in [0.15, 0.2) is 0 Å². The molecule has 12 heavy (non-hydrogen) atoms. The van der Waals surface area contributed by atoms with Crippen molar-refractivity contribution in [1.82, 2.24) is 0 Å². The molecule has 0 aliphatic heterocycles. The third-order valence-corrected chi connectivity index (χ3v) is 3.49. The highest BCUT2D eigenvalue weighted by molar-refractivity contribution is 4.76. The zero-order valence-electron chi connectivity index (χ0n) is 9.78. The molecule has 0 nitrogen and oxygen atoms in total. The largest absolute Gasteiger partial charge is 0.0649 e. The van der Waals surface area contributed by atoms with Crippen LogP contribution in [-0.2, 0) is 0 Å². The van der Waals surface area contributed by atoms with Gasteiger partial charge in [0.2, 0.25) is 0 Å². The summed E-state index contributed by atoms with van der Waals surface area (Å²) in [6, 6.07) is 0. The van der Waals surface area contributed by atoms with Gasteiger partial charge in [-0.05, 0) is 23.7 Å². The highest BCUT2D eigenvalue weighted by Gasteiger charge is 2.25. The van der Waals surface area contributed by atoms with Gasteiger partial charge < -0.3 is 0 Å². The monoisotopic (exact) mass is 170 g/mol. The molecular formula is C12H26. The Morgan fingerprint density at radius 1 is 1.08 bits per heavy atom. The first kappa shape index (κ1) is 12.0. The lowest BCUT2D eigenvalue weighted by Gasteiger charge is -2.33. The second-order valence-corrected chi connectivity index (χ2v) is 5.09. The predicted molar refractivity (Wildman–Crippen MR) is 57.3 cm³/mol. The van der Waals surface area contributed by atoms with Gasteiger partial charge in [-0.1, -0.05) is 54.4 Å². The van der Waals surface area contributed by atoms with E-state index in [0.717, 1.165) is 11.8 Å². The first-order chi connectivity index (χ1) is 5.42. The highest BCUT2D eigenvalue weighted by atomic mass is 14.3. The lowest BCUT2D eigenvalue weighted by Crippen LogP contribution is -2.22. The smallest absolute Gasteiger partial charge is 0.0305 e. The summed E-state index contributed by atoms with van der Waals surface area (Å²) in [5.74, 6) is 1.68. The van der Waals surface area contributed by atoms with E-state index in [1.807, 2.05) is 0 Å². The van der Waals surface area contributed by atoms with E-state index in [9.17, 15) is 0 Å². The van der Waals surface area contributed by atoms with Crippen molar-refractivity contribution in [2.24, 2.45) is 17.3 Å². The van der Waals surface area contributed by atoms with E-state index < -0.39 is 0 Å². The summed E-state index contributed by atoms with van der Waals surface area (Å²) >= 11 is 0. The van der Waals surface area contributed by atoms with Crippen LogP contribution in [0, 0.1) is 17.3 Å². The summed E-state index contributed by atoms with van der Waals surface area (Å²) in [5.41, 5.74) is 0.574. The van der Waals surface area contributed by atoms with Crippen LogP contribution in [0.25, 0.3) is 0 Å². The van der Waals surface area contributed by atoms with Crippen LogP contribution in [0.3, 0.4) is 0 Å². The summed E-state index contributed by atoms with van der Waals surface area (Å²) < 4.78 is 0. The lowest BCUT2D eigenvalue weighted by molar-refractivity contribution is 0.177. The van der Waals surface area contributed by atoms with Crippen molar-refractivity contribution in [1.29, 1.82) is 0 Å². The molecular weight excluding hydrogens is 144 g/mol. The fourth-order valence-electron chi connectivity index (χ4n) is 1.49. The van der Waals surface area contributed by atoms with E-state index in [2.05, 4.69) is 41.5 Å². The molecule has 1 atom stereocenters. The van der Waals surface area contributed by atoms with E-state index in [-0.39, 0.29) is 0 Å². The van der Waals surface area contributed by atoms with Crippen LogP contribution >= 0.6 is 0 Å². The highest BCUT2D eigenvalue weighted by Crippen LogP contribution is 2.36. The van der Waals surface area contributed by atoms with E-state index in [1.165, 1.54) is 19.3 Å². The van der Waals surface area contributed by atoms with Gasteiger partial charge >= 0.3 is 0 Å². The van der Waals surface area contributed by atoms with Gasteiger partial charge in [-0.3, -0.25) is 0 Å². The van der Waals surface area contributed by atoms with Crippen LogP contribution in [-0.4, -0.2) is 0 Å². The van der Waals surface area contributed by atoms with Crippen LogP contribution < -0.4 is 0 Å². The Bertz CT molecular complexity index is 113. The number of hydrogen-bond donors (Lipinski definition) is 0. The Morgan fingerprint density at radius 3 is 1.83 bits per heavy atom. The van der Waals surface area contributed by atoms with Crippen molar-refractivity contribution in [2.45, 2.75) is 60.8 Å². The van der Waals surface area contributed by atoms with E-state index in [4.69, 9.17) is 0 Å². The molecule has 0 rings (SSSR count). The fraction of sp³-hybridized carbons (Fsp3) is 1.00. The fourth-order valence-corrected chi connectivity index (χ4v) is 1.49. The zero-order valence-corrected chi connectivity index (χ0v) is 9.78. The average Bonchev–Trinajstić information content (AvgIpc) is 1.99. The molecule has 0 unspecified atom stereocenters. The molecule has 0 aliphatic carbocycles. The molecule has 0 aromatic carbocycles. The normalized spacial score (nSPS) is 17.0. The van der Waals surface area contributed by atoms with Gasteiger partial charge in [0.1, 0.15) is 0 Å². The van der Waals surface area contributed by atoms with E-state index >= 15 is 0 Å². The third-order valence-electron chi connectivity index (χ3n) is 3.49.